The number of fused-ring (bicyclic) bond motifs is 1. The summed E-state index contributed by atoms with van der Waals surface area (Å²) >= 11 is 3.18. The summed E-state index contributed by atoms with van der Waals surface area (Å²) in [6.07, 6.45) is -1.18. The molecule has 2 aromatic carbocycles. The largest absolute Gasteiger partial charge is 0.456 e. The predicted molar refractivity (Wildman–Crippen MR) is 77.6 cm³/mol. The molecule has 1 heterocycles. The minimum Gasteiger partial charge on any atom is -0.456 e. The standard InChI is InChI=1S/C14H9BrF2O4S/c15-14-11(21-9-4-7(16)3-8(17)5-9)1-2-12-13(14)10(18)6-22(12,19)20/h1-5,10,18H,6H2. The summed E-state index contributed by atoms with van der Waals surface area (Å²) in [6, 6.07) is 5.37. The van der Waals surface area contributed by atoms with Crippen LogP contribution in [-0.2, 0) is 9.84 Å². The second kappa shape index (κ2) is 5.29. The average Bonchev–Trinajstić information content (AvgIpc) is 2.62. The van der Waals surface area contributed by atoms with Crippen LogP contribution in [0, 0.1) is 11.6 Å². The molecule has 0 spiro atoms. The molecule has 1 aliphatic rings. The maximum absolute atomic E-state index is 13.2. The van der Waals surface area contributed by atoms with Gasteiger partial charge in [-0.3, -0.25) is 0 Å². The summed E-state index contributed by atoms with van der Waals surface area (Å²) in [6.45, 7) is 0. The molecule has 4 nitrogen and oxygen atoms in total. The molecule has 0 fully saturated rings. The normalized spacial score (nSPS) is 19.0. The molecule has 116 valence electrons. The Morgan fingerprint density at radius 2 is 1.82 bits per heavy atom. The second-order valence-electron chi connectivity index (χ2n) is 4.79. The van der Waals surface area contributed by atoms with Gasteiger partial charge in [0.1, 0.15) is 23.1 Å². The van der Waals surface area contributed by atoms with Crippen LogP contribution < -0.4 is 4.74 Å². The number of hydrogen-bond acceptors (Lipinski definition) is 4. The Hall–Kier alpha value is -1.51. The van der Waals surface area contributed by atoms with Crippen LogP contribution in [0.25, 0.3) is 0 Å². The maximum Gasteiger partial charge on any atom is 0.181 e. The van der Waals surface area contributed by atoms with Crippen LogP contribution in [-0.4, -0.2) is 19.3 Å². The lowest BCUT2D eigenvalue weighted by Gasteiger charge is -2.12. The van der Waals surface area contributed by atoms with E-state index in [0.717, 1.165) is 12.1 Å². The fraction of sp³-hybridized carbons (Fsp3) is 0.143. The molecule has 0 saturated carbocycles. The first-order valence-corrected chi connectivity index (χ1v) is 8.59. The highest BCUT2D eigenvalue weighted by atomic mass is 79.9. The SMILES string of the molecule is O=S1(=O)CC(O)c2c1ccc(Oc1cc(F)cc(F)c1)c2Br. The van der Waals surface area contributed by atoms with Crippen LogP contribution in [0.4, 0.5) is 8.78 Å². The number of aliphatic hydroxyl groups excluding tert-OH is 1. The van der Waals surface area contributed by atoms with Crippen molar-refractivity contribution >= 4 is 25.8 Å². The molecule has 1 N–H and O–H groups in total. The summed E-state index contributed by atoms with van der Waals surface area (Å²) < 4.78 is 55.7. The van der Waals surface area contributed by atoms with E-state index in [-0.39, 0.29) is 26.4 Å². The molecule has 22 heavy (non-hydrogen) atoms. The van der Waals surface area contributed by atoms with E-state index in [0.29, 0.717) is 6.07 Å². The number of hydrogen-bond donors (Lipinski definition) is 1. The topological polar surface area (TPSA) is 63.6 Å². The summed E-state index contributed by atoms with van der Waals surface area (Å²) in [5.41, 5.74) is 0.189. The van der Waals surface area contributed by atoms with Crippen molar-refractivity contribution in [2.45, 2.75) is 11.0 Å². The molecule has 0 radical (unpaired) electrons. The molecule has 0 bridgehead atoms. The third-order valence-electron chi connectivity index (χ3n) is 3.21. The molecule has 1 atom stereocenters. The fourth-order valence-electron chi connectivity index (χ4n) is 2.31. The van der Waals surface area contributed by atoms with Crippen molar-refractivity contribution < 1.29 is 27.0 Å². The Morgan fingerprint density at radius 1 is 1.18 bits per heavy atom. The van der Waals surface area contributed by atoms with Crippen molar-refractivity contribution in [3.8, 4) is 11.5 Å². The van der Waals surface area contributed by atoms with Gasteiger partial charge in [-0.05, 0) is 28.1 Å². The Morgan fingerprint density at radius 3 is 2.45 bits per heavy atom. The van der Waals surface area contributed by atoms with E-state index in [4.69, 9.17) is 4.74 Å². The van der Waals surface area contributed by atoms with Crippen LogP contribution in [0.2, 0.25) is 0 Å². The van der Waals surface area contributed by atoms with Crippen molar-refractivity contribution in [3.63, 3.8) is 0 Å². The molecule has 1 unspecified atom stereocenters. The third kappa shape index (κ3) is 2.62. The Kier molecular flexibility index (Phi) is 3.70. The maximum atomic E-state index is 13.2. The second-order valence-corrected chi connectivity index (χ2v) is 7.59. The van der Waals surface area contributed by atoms with E-state index in [2.05, 4.69) is 15.9 Å². The van der Waals surface area contributed by atoms with Crippen molar-refractivity contribution in [3.05, 3.63) is 52.0 Å². The van der Waals surface area contributed by atoms with Gasteiger partial charge in [0.05, 0.1) is 21.2 Å². The fourth-order valence-corrected chi connectivity index (χ4v) is 4.74. The number of ether oxygens (including phenoxy) is 1. The van der Waals surface area contributed by atoms with Gasteiger partial charge in [-0.2, -0.15) is 0 Å². The smallest absolute Gasteiger partial charge is 0.181 e. The van der Waals surface area contributed by atoms with Crippen molar-refractivity contribution in [1.29, 1.82) is 0 Å². The number of rotatable bonds is 2. The summed E-state index contributed by atoms with van der Waals surface area (Å²) in [5.74, 6) is -1.92. The Balaban J connectivity index is 2.05. The highest BCUT2D eigenvalue weighted by Crippen LogP contribution is 2.43. The van der Waals surface area contributed by atoms with Crippen molar-refractivity contribution in [1.82, 2.24) is 0 Å². The van der Waals surface area contributed by atoms with Gasteiger partial charge in [0.25, 0.3) is 0 Å². The van der Waals surface area contributed by atoms with Crippen LogP contribution in [0.3, 0.4) is 0 Å². The highest BCUT2D eigenvalue weighted by Gasteiger charge is 2.36. The van der Waals surface area contributed by atoms with Crippen LogP contribution >= 0.6 is 15.9 Å². The number of sulfone groups is 1. The van der Waals surface area contributed by atoms with Crippen molar-refractivity contribution in [2.24, 2.45) is 0 Å². The molecule has 0 amide bonds. The predicted octanol–water partition coefficient (Wildman–Crippen LogP) is 3.34. The average molecular weight is 391 g/mol. The minimum atomic E-state index is -3.54. The minimum absolute atomic E-state index is 0.0182. The van der Waals surface area contributed by atoms with Crippen LogP contribution in [0.15, 0.2) is 39.7 Å². The zero-order chi connectivity index (χ0) is 16.1. The molecule has 0 saturated heterocycles. The van der Waals surface area contributed by atoms with E-state index >= 15 is 0 Å². The molecular weight excluding hydrogens is 382 g/mol. The van der Waals surface area contributed by atoms with Crippen molar-refractivity contribution in [2.75, 3.05) is 5.75 Å². The first-order chi connectivity index (χ1) is 10.3. The molecule has 2 aromatic rings. The van der Waals surface area contributed by atoms with Gasteiger partial charge in [-0.1, -0.05) is 0 Å². The van der Waals surface area contributed by atoms with Gasteiger partial charge in [0, 0.05) is 23.8 Å². The zero-order valence-corrected chi connectivity index (χ0v) is 13.3. The van der Waals surface area contributed by atoms with Gasteiger partial charge >= 0.3 is 0 Å². The first kappa shape index (κ1) is 15.4. The summed E-state index contributed by atoms with van der Waals surface area (Å²) in [7, 11) is -3.54. The Labute approximate surface area is 133 Å². The van der Waals surface area contributed by atoms with Gasteiger partial charge < -0.3 is 9.84 Å². The van der Waals surface area contributed by atoms with E-state index in [1.54, 1.807) is 0 Å². The molecule has 3 rings (SSSR count). The van der Waals surface area contributed by atoms with Gasteiger partial charge in [0.15, 0.2) is 9.84 Å². The molecule has 8 heteroatoms. The van der Waals surface area contributed by atoms with Gasteiger partial charge in [-0.15, -0.1) is 0 Å². The number of halogens is 3. The monoisotopic (exact) mass is 390 g/mol. The quantitative estimate of drug-likeness (QED) is 0.853. The molecule has 0 aliphatic carbocycles. The van der Waals surface area contributed by atoms with E-state index in [1.807, 2.05) is 0 Å². The lowest BCUT2D eigenvalue weighted by molar-refractivity contribution is 0.203. The van der Waals surface area contributed by atoms with Crippen LogP contribution in [0.1, 0.15) is 11.7 Å². The number of aliphatic hydroxyl groups is 1. The van der Waals surface area contributed by atoms with Crippen LogP contribution in [0.5, 0.6) is 11.5 Å². The Bertz CT molecular complexity index is 847. The molecular formula is C14H9BrF2O4S. The zero-order valence-electron chi connectivity index (χ0n) is 10.9. The summed E-state index contributed by atoms with van der Waals surface area (Å²) in [5, 5.41) is 9.89. The summed E-state index contributed by atoms with van der Waals surface area (Å²) in [4.78, 5) is 0.0182. The van der Waals surface area contributed by atoms with Gasteiger partial charge in [-0.25, -0.2) is 17.2 Å². The van der Waals surface area contributed by atoms with E-state index in [1.165, 1.54) is 12.1 Å². The van der Waals surface area contributed by atoms with E-state index in [9.17, 15) is 22.3 Å². The van der Waals surface area contributed by atoms with E-state index < -0.39 is 33.3 Å². The lowest BCUT2D eigenvalue weighted by atomic mass is 10.1. The molecule has 1 aliphatic heterocycles. The molecule has 0 aromatic heterocycles. The first-order valence-electron chi connectivity index (χ1n) is 6.15. The highest BCUT2D eigenvalue weighted by molar-refractivity contribution is 9.10. The van der Waals surface area contributed by atoms with Gasteiger partial charge in [0.2, 0.25) is 0 Å². The number of benzene rings is 2. The third-order valence-corrected chi connectivity index (χ3v) is 5.81. The lowest BCUT2D eigenvalue weighted by Crippen LogP contribution is -2.02.